The van der Waals surface area contributed by atoms with Crippen LogP contribution in [0.5, 0.6) is 0 Å². The van der Waals surface area contributed by atoms with E-state index in [1.54, 1.807) is 18.2 Å². The zero-order chi connectivity index (χ0) is 12.8. The van der Waals surface area contributed by atoms with E-state index in [2.05, 4.69) is 15.1 Å². The van der Waals surface area contributed by atoms with Crippen molar-refractivity contribution >= 4 is 11.0 Å². The van der Waals surface area contributed by atoms with Crippen molar-refractivity contribution in [2.24, 2.45) is 0 Å². The van der Waals surface area contributed by atoms with Gasteiger partial charge in [-0.05, 0) is 18.2 Å². The number of halogens is 3. The van der Waals surface area contributed by atoms with Gasteiger partial charge in [-0.25, -0.2) is 4.98 Å². The Morgan fingerprint density at radius 2 is 1.94 bits per heavy atom. The van der Waals surface area contributed by atoms with Gasteiger partial charge >= 0.3 is 6.18 Å². The quantitative estimate of drug-likeness (QED) is 0.699. The highest BCUT2D eigenvalue weighted by Crippen LogP contribution is 2.30. The third-order valence-electron chi connectivity index (χ3n) is 2.60. The lowest BCUT2D eigenvalue weighted by Gasteiger charge is -2.00. The Balaban J connectivity index is 2.06. The van der Waals surface area contributed by atoms with Crippen LogP contribution in [-0.4, -0.2) is 20.2 Å². The lowest BCUT2D eigenvalue weighted by molar-refractivity contribution is -0.141. The molecular formula is C11H7F3N4. The molecule has 7 heteroatoms. The summed E-state index contributed by atoms with van der Waals surface area (Å²) in [6, 6.07) is 6.10. The minimum Gasteiger partial charge on any atom is -0.345 e. The molecule has 0 fully saturated rings. The fourth-order valence-corrected chi connectivity index (χ4v) is 1.71. The molecule has 0 unspecified atom stereocenters. The van der Waals surface area contributed by atoms with Gasteiger partial charge in [-0.1, -0.05) is 6.07 Å². The molecule has 0 saturated heterocycles. The van der Waals surface area contributed by atoms with E-state index >= 15 is 0 Å². The van der Waals surface area contributed by atoms with Gasteiger partial charge in [0.25, 0.3) is 0 Å². The van der Waals surface area contributed by atoms with Gasteiger partial charge in [-0.3, -0.25) is 5.10 Å². The molecule has 0 aliphatic rings. The smallest absolute Gasteiger partial charge is 0.345 e. The van der Waals surface area contributed by atoms with Crippen molar-refractivity contribution in [2.75, 3.05) is 0 Å². The first-order valence-corrected chi connectivity index (χ1v) is 5.10. The number of H-pyrrole nitrogens is 2. The predicted molar refractivity (Wildman–Crippen MR) is 58.7 cm³/mol. The summed E-state index contributed by atoms with van der Waals surface area (Å²) < 4.78 is 37.3. The van der Waals surface area contributed by atoms with Gasteiger partial charge in [0.05, 0.1) is 23.1 Å². The molecule has 1 aromatic carbocycles. The highest BCUT2D eigenvalue weighted by atomic mass is 19.4. The number of nitrogens with one attached hydrogen (secondary N) is 2. The third kappa shape index (κ3) is 1.73. The van der Waals surface area contributed by atoms with Crippen molar-refractivity contribution in [3.63, 3.8) is 0 Å². The molecule has 0 spiro atoms. The molecule has 2 heterocycles. The van der Waals surface area contributed by atoms with Crippen molar-refractivity contribution < 1.29 is 13.2 Å². The monoisotopic (exact) mass is 252 g/mol. The molecule has 18 heavy (non-hydrogen) atoms. The van der Waals surface area contributed by atoms with Crippen LogP contribution in [0.4, 0.5) is 13.2 Å². The molecule has 0 saturated carbocycles. The first-order valence-electron chi connectivity index (χ1n) is 5.10. The van der Waals surface area contributed by atoms with Crippen molar-refractivity contribution in [2.45, 2.75) is 6.18 Å². The lowest BCUT2D eigenvalue weighted by Crippen LogP contribution is -2.04. The van der Waals surface area contributed by atoms with Crippen LogP contribution in [0.25, 0.3) is 22.3 Å². The van der Waals surface area contributed by atoms with Crippen LogP contribution < -0.4 is 0 Å². The van der Waals surface area contributed by atoms with E-state index in [1.807, 2.05) is 5.10 Å². The molecule has 0 amide bonds. The maximum Gasteiger partial charge on any atom is 0.432 e. The van der Waals surface area contributed by atoms with Gasteiger partial charge < -0.3 is 4.98 Å². The standard InChI is InChI=1S/C11H7F3N4/c12-11(13,14)10-4-8(17-18-10)6-1-2-7-9(3-6)16-5-15-7/h1-5H,(H,15,16)(H,17,18). The zero-order valence-electron chi connectivity index (χ0n) is 8.92. The van der Waals surface area contributed by atoms with Gasteiger partial charge in [0.1, 0.15) is 5.69 Å². The normalized spacial score (nSPS) is 12.2. The summed E-state index contributed by atoms with van der Waals surface area (Å²) in [5.41, 5.74) is 1.49. The SMILES string of the molecule is FC(F)(F)c1cc(-c2ccc3nc[nH]c3c2)n[nH]1. The molecule has 3 aromatic rings. The highest BCUT2D eigenvalue weighted by Gasteiger charge is 2.33. The maximum absolute atomic E-state index is 12.4. The average molecular weight is 252 g/mol. The maximum atomic E-state index is 12.4. The topological polar surface area (TPSA) is 57.4 Å². The van der Waals surface area contributed by atoms with Gasteiger partial charge in [0.2, 0.25) is 0 Å². The molecule has 0 radical (unpaired) electrons. The summed E-state index contributed by atoms with van der Waals surface area (Å²) in [6.07, 6.45) is -2.89. The van der Waals surface area contributed by atoms with E-state index in [1.165, 1.54) is 6.33 Å². The van der Waals surface area contributed by atoms with E-state index in [-0.39, 0.29) is 5.69 Å². The molecule has 92 valence electrons. The fourth-order valence-electron chi connectivity index (χ4n) is 1.71. The number of imidazole rings is 1. The molecule has 3 rings (SSSR count). The number of nitrogens with zero attached hydrogens (tertiary/aromatic N) is 2. The number of alkyl halides is 3. The number of benzene rings is 1. The Labute approximate surface area is 98.9 Å². The Kier molecular flexibility index (Phi) is 2.16. The largest absolute Gasteiger partial charge is 0.432 e. The molecule has 4 nitrogen and oxygen atoms in total. The Morgan fingerprint density at radius 1 is 1.11 bits per heavy atom. The summed E-state index contributed by atoms with van der Waals surface area (Å²) in [5.74, 6) is 0. The molecular weight excluding hydrogens is 245 g/mol. The third-order valence-corrected chi connectivity index (χ3v) is 2.60. The van der Waals surface area contributed by atoms with E-state index in [0.29, 0.717) is 5.56 Å². The van der Waals surface area contributed by atoms with Crippen LogP contribution in [0.2, 0.25) is 0 Å². The second-order valence-corrected chi connectivity index (χ2v) is 3.80. The van der Waals surface area contributed by atoms with Crippen LogP contribution >= 0.6 is 0 Å². The Bertz CT molecular complexity index is 695. The summed E-state index contributed by atoms with van der Waals surface area (Å²) in [7, 11) is 0. The number of aromatic nitrogens is 4. The molecule has 0 aliphatic heterocycles. The van der Waals surface area contributed by atoms with E-state index in [0.717, 1.165) is 17.1 Å². The minimum atomic E-state index is -4.41. The molecule has 2 N–H and O–H groups in total. The van der Waals surface area contributed by atoms with Crippen molar-refractivity contribution in [3.8, 4) is 11.3 Å². The van der Waals surface area contributed by atoms with Crippen LogP contribution in [0.3, 0.4) is 0 Å². The van der Waals surface area contributed by atoms with Gasteiger partial charge in [-0.15, -0.1) is 0 Å². The summed E-state index contributed by atoms with van der Waals surface area (Å²) in [5, 5.41) is 5.65. The van der Waals surface area contributed by atoms with Crippen LogP contribution in [0.1, 0.15) is 5.69 Å². The van der Waals surface area contributed by atoms with Crippen LogP contribution in [0, 0.1) is 0 Å². The van der Waals surface area contributed by atoms with Gasteiger partial charge in [0, 0.05) is 5.56 Å². The molecule has 0 aliphatic carbocycles. The Morgan fingerprint density at radius 3 is 2.67 bits per heavy atom. The van der Waals surface area contributed by atoms with Crippen LogP contribution in [-0.2, 0) is 6.18 Å². The minimum absolute atomic E-state index is 0.249. The number of hydrogen-bond acceptors (Lipinski definition) is 2. The summed E-state index contributed by atoms with van der Waals surface area (Å²) in [4.78, 5) is 6.93. The van der Waals surface area contributed by atoms with Crippen LogP contribution in [0.15, 0.2) is 30.6 Å². The summed E-state index contributed by atoms with van der Waals surface area (Å²) >= 11 is 0. The van der Waals surface area contributed by atoms with Crippen molar-refractivity contribution in [1.82, 2.24) is 20.2 Å². The molecule has 0 bridgehead atoms. The Hall–Kier alpha value is -2.31. The van der Waals surface area contributed by atoms with E-state index in [9.17, 15) is 13.2 Å². The first kappa shape index (κ1) is 10.8. The average Bonchev–Trinajstić information content (AvgIpc) is 2.96. The number of rotatable bonds is 1. The first-order chi connectivity index (χ1) is 8.54. The summed E-state index contributed by atoms with van der Waals surface area (Å²) in [6.45, 7) is 0. The number of hydrogen-bond donors (Lipinski definition) is 2. The number of fused-ring (bicyclic) bond motifs is 1. The molecule has 0 atom stereocenters. The van der Waals surface area contributed by atoms with E-state index in [4.69, 9.17) is 0 Å². The number of aromatic amines is 2. The van der Waals surface area contributed by atoms with Gasteiger partial charge in [-0.2, -0.15) is 18.3 Å². The zero-order valence-corrected chi connectivity index (χ0v) is 8.92. The lowest BCUT2D eigenvalue weighted by atomic mass is 10.1. The highest BCUT2D eigenvalue weighted by molar-refractivity contribution is 5.80. The second-order valence-electron chi connectivity index (χ2n) is 3.80. The second kappa shape index (κ2) is 3.59. The predicted octanol–water partition coefficient (Wildman–Crippen LogP) is 2.97. The molecule has 2 aromatic heterocycles. The fraction of sp³-hybridized carbons (Fsp3) is 0.0909. The van der Waals surface area contributed by atoms with Crippen molar-refractivity contribution in [3.05, 3.63) is 36.3 Å². The van der Waals surface area contributed by atoms with Gasteiger partial charge in [0.15, 0.2) is 0 Å². The van der Waals surface area contributed by atoms with Crippen molar-refractivity contribution in [1.29, 1.82) is 0 Å². The van der Waals surface area contributed by atoms with E-state index < -0.39 is 11.9 Å².